The van der Waals surface area contributed by atoms with E-state index in [1.165, 1.54) is 0 Å². The third kappa shape index (κ3) is 4.44. The fourth-order valence-electron chi connectivity index (χ4n) is 2.72. The van der Waals surface area contributed by atoms with E-state index in [1.54, 1.807) is 7.11 Å². The number of methoxy groups -OCH3 is 1. The van der Waals surface area contributed by atoms with Crippen molar-refractivity contribution in [2.45, 2.75) is 6.54 Å². The number of nitrogens with two attached hydrogens (primary N) is 1. The van der Waals surface area contributed by atoms with Gasteiger partial charge in [-0.2, -0.15) is 5.26 Å². The monoisotopic (exact) mass is 356 g/mol. The van der Waals surface area contributed by atoms with Crippen LogP contribution in [0.3, 0.4) is 0 Å². The smallest absolute Gasteiger partial charge is 0.193 e. The lowest BCUT2D eigenvalue weighted by Crippen LogP contribution is -2.22. The summed E-state index contributed by atoms with van der Waals surface area (Å²) in [5, 5.41) is 12.3. The van der Waals surface area contributed by atoms with E-state index in [4.69, 9.17) is 10.5 Å². The minimum absolute atomic E-state index is 0.318. The van der Waals surface area contributed by atoms with Crippen LogP contribution in [0.15, 0.2) is 77.8 Å². The number of anilines is 1. The largest absolute Gasteiger partial charge is 0.495 e. The Morgan fingerprint density at radius 2 is 1.74 bits per heavy atom. The molecule has 27 heavy (non-hydrogen) atoms. The molecule has 0 amide bonds. The van der Waals surface area contributed by atoms with Crippen LogP contribution in [0.4, 0.5) is 5.69 Å². The lowest BCUT2D eigenvalue weighted by atomic mass is 9.99. The van der Waals surface area contributed by atoms with Gasteiger partial charge < -0.3 is 15.8 Å². The van der Waals surface area contributed by atoms with E-state index in [0.717, 1.165) is 22.4 Å². The lowest BCUT2D eigenvalue weighted by molar-refractivity contribution is 0.417. The fourth-order valence-corrected chi connectivity index (χ4v) is 2.72. The second-order valence-corrected chi connectivity index (χ2v) is 5.88. The van der Waals surface area contributed by atoms with Crippen molar-refractivity contribution in [2.24, 2.45) is 10.7 Å². The van der Waals surface area contributed by atoms with Gasteiger partial charge in [0.1, 0.15) is 5.75 Å². The van der Waals surface area contributed by atoms with Crippen LogP contribution in [0.1, 0.15) is 11.1 Å². The van der Waals surface area contributed by atoms with Gasteiger partial charge >= 0.3 is 0 Å². The summed E-state index contributed by atoms with van der Waals surface area (Å²) in [5.41, 5.74) is 10.4. The molecule has 0 aromatic heterocycles. The molecule has 134 valence electrons. The first-order chi connectivity index (χ1) is 13.2. The quantitative estimate of drug-likeness (QED) is 0.531. The predicted octanol–water partition coefficient (Wildman–Crippen LogP) is 4.16. The van der Waals surface area contributed by atoms with E-state index in [2.05, 4.69) is 16.4 Å². The zero-order chi connectivity index (χ0) is 19.1. The summed E-state index contributed by atoms with van der Waals surface area (Å²) in [6.07, 6.45) is 0. The molecule has 0 aliphatic heterocycles. The average molecular weight is 356 g/mol. The maximum Gasteiger partial charge on any atom is 0.193 e. The number of hydrogen-bond donors (Lipinski definition) is 2. The van der Waals surface area contributed by atoms with Crippen LogP contribution in [0.2, 0.25) is 0 Å². The molecule has 3 aromatic carbocycles. The Morgan fingerprint density at radius 1 is 1.04 bits per heavy atom. The minimum Gasteiger partial charge on any atom is -0.495 e. The van der Waals surface area contributed by atoms with Crippen molar-refractivity contribution in [1.82, 2.24) is 0 Å². The first kappa shape index (κ1) is 18.0. The Labute approximate surface area is 158 Å². The molecular formula is C22H20N4O. The molecule has 3 rings (SSSR count). The number of guanidine groups is 1. The molecule has 0 spiro atoms. The molecule has 0 saturated heterocycles. The van der Waals surface area contributed by atoms with Crippen molar-refractivity contribution in [1.29, 1.82) is 5.26 Å². The number of ether oxygens (including phenoxy) is 1. The molecule has 3 aromatic rings. The third-order valence-electron chi connectivity index (χ3n) is 4.11. The topological polar surface area (TPSA) is 83.4 Å². The number of hydrogen-bond acceptors (Lipinski definition) is 3. The third-order valence-corrected chi connectivity index (χ3v) is 4.11. The van der Waals surface area contributed by atoms with Crippen molar-refractivity contribution < 1.29 is 4.74 Å². The maximum absolute atomic E-state index is 9.24. The van der Waals surface area contributed by atoms with E-state index in [-0.39, 0.29) is 0 Å². The average Bonchev–Trinajstić information content (AvgIpc) is 2.73. The highest BCUT2D eigenvalue weighted by Crippen LogP contribution is 2.24. The standard InChI is InChI=1S/C22H20N4O/c1-27-21-9-5-4-8-20(21)26-22(24)25-15-16-10-12-17(13-11-16)19-7-3-2-6-18(19)14-23/h2-13H,15H2,1H3,(H3,24,25,26). The van der Waals surface area contributed by atoms with Crippen molar-refractivity contribution in [2.75, 3.05) is 12.4 Å². The zero-order valence-corrected chi connectivity index (χ0v) is 15.0. The number of benzene rings is 3. The van der Waals surface area contributed by atoms with Gasteiger partial charge in [0.15, 0.2) is 5.96 Å². The Balaban J connectivity index is 1.69. The number of rotatable bonds is 5. The van der Waals surface area contributed by atoms with Gasteiger partial charge in [-0.3, -0.25) is 0 Å². The summed E-state index contributed by atoms with van der Waals surface area (Å²) in [5.74, 6) is 1.02. The zero-order valence-electron chi connectivity index (χ0n) is 15.0. The van der Waals surface area contributed by atoms with E-state index in [9.17, 15) is 5.26 Å². The molecule has 0 aliphatic rings. The van der Waals surface area contributed by atoms with Gasteiger partial charge in [-0.05, 0) is 34.9 Å². The van der Waals surface area contributed by atoms with Gasteiger partial charge in [0.25, 0.3) is 0 Å². The van der Waals surface area contributed by atoms with Gasteiger partial charge in [0.2, 0.25) is 0 Å². The Hall–Kier alpha value is -3.78. The van der Waals surface area contributed by atoms with Crippen molar-refractivity contribution in [3.05, 3.63) is 83.9 Å². The van der Waals surface area contributed by atoms with Crippen molar-refractivity contribution in [3.63, 3.8) is 0 Å². The van der Waals surface area contributed by atoms with E-state index >= 15 is 0 Å². The van der Waals surface area contributed by atoms with E-state index in [1.807, 2.05) is 72.8 Å². The second-order valence-electron chi connectivity index (χ2n) is 5.88. The molecule has 3 N–H and O–H groups in total. The Kier molecular flexibility index (Phi) is 5.70. The molecule has 0 fully saturated rings. The summed E-state index contributed by atoms with van der Waals surface area (Å²) in [6, 6.07) is 25.3. The molecule has 0 saturated carbocycles. The maximum atomic E-state index is 9.24. The van der Waals surface area contributed by atoms with Gasteiger partial charge in [0.05, 0.1) is 31.0 Å². The molecule has 0 heterocycles. The lowest BCUT2D eigenvalue weighted by Gasteiger charge is -2.10. The SMILES string of the molecule is COc1ccccc1NC(N)=NCc1ccc(-c2ccccc2C#N)cc1. The van der Waals surface area contributed by atoms with Gasteiger partial charge in [-0.15, -0.1) is 0 Å². The van der Waals surface area contributed by atoms with Gasteiger partial charge in [-0.25, -0.2) is 4.99 Å². The van der Waals surface area contributed by atoms with Crippen LogP contribution in [0.25, 0.3) is 11.1 Å². The highest BCUT2D eigenvalue weighted by atomic mass is 16.5. The number of nitriles is 1. The summed E-state index contributed by atoms with van der Waals surface area (Å²) < 4.78 is 5.29. The van der Waals surface area contributed by atoms with Crippen LogP contribution in [0.5, 0.6) is 5.75 Å². The number of nitrogens with zero attached hydrogens (tertiary/aromatic N) is 2. The minimum atomic E-state index is 0.318. The Bertz CT molecular complexity index is 988. The highest BCUT2D eigenvalue weighted by Gasteiger charge is 2.05. The number of aliphatic imine (C=N–C) groups is 1. The normalized spacial score (nSPS) is 10.9. The molecular weight excluding hydrogens is 336 g/mol. The molecule has 0 unspecified atom stereocenters. The predicted molar refractivity (Wildman–Crippen MR) is 109 cm³/mol. The van der Waals surface area contributed by atoms with Crippen LogP contribution >= 0.6 is 0 Å². The first-order valence-electron chi connectivity index (χ1n) is 8.49. The van der Waals surface area contributed by atoms with Crippen LogP contribution in [-0.4, -0.2) is 13.1 Å². The van der Waals surface area contributed by atoms with E-state index < -0.39 is 0 Å². The van der Waals surface area contributed by atoms with Gasteiger partial charge in [0, 0.05) is 0 Å². The van der Waals surface area contributed by atoms with Crippen molar-refractivity contribution in [3.8, 4) is 22.9 Å². The number of para-hydroxylation sites is 2. The van der Waals surface area contributed by atoms with Crippen LogP contribution < -0.4 is 15.8 Å². The highest BCUT2D eigenvalue weighted by molar-refractivity contribution is 5.93. The number of nitrogens with one attached hydrogen (secondary N) is 1. The summed E-state index contributed by atoms with van der Waals surface area (Å²) >= 11 is 0. The summed E-state index contributed by atoms with van der Waals surface area (Å²) in [7, 11) is 1.61. The summed E-state index contributed by atoms with van der Waals surface area (Å²) in [6.45, 7) is 0.453. The van der Waals surface area contributed by atoms with Crippen molar-refractivity contribution >= 4 is 11.6 Å². The van der Waals surface area contributed by atoms with Crippen LogP contribution in [-0.2, 0) is 6.54 Å². The fraction of sp³-hybridized carbons (Fsp3) is 0.0909. The molecule has 0 radical (unpaired) electrons. The molecule has 0 bridgehead atoms. The molecule has 5 nitrogen and oxygen atoms in total. The molecule has 0 aliphatic carbocycles. The van der Waals surface area contributed by atoms with Gasteiger partial charge in [-0.1, -0.05) is 54.6 Å². The summed E-state index contributed by atoms with van der Waals surface area (Å²) in [4.78, 5) is 4.38. The molecule has 5 heteroatoms. The first-order valence-corrected chi connectivity index (χ1v) is 8.49. The Morgan fingerprint density at radius 3 is 2.48 bits per heavy atom. The second kappa shape index (κ2) is 8.54. The van der Waals surface area contributed by atoms with E-state index in [0.29, 0.717) is 23.8 Å². The van der Waals surface area contributed by atoms with Crippen LogP contribution in [0, 0.1) is 11.3 Å². The molecule has 0 atom stereocenters.